The highest BCUT2D eigenvalue weighted by molar-refractivity contribution is 5.85. The summed E-state index contributed by atoms with van der Waals surface area (Å²) in [6.45, 7) is 0.872. The Labute approximate surface area is 168 Å². The first-order valence-corrected chi connectivity index (χ1v) is 9.17. The van der Waals surface area contributed by atoms with Crippen LogP contribution in [0, 0.1) is 5.82 Å². The highest BCUT2D eigenvalue weighted by Gasteiger charge is 2.36. The van der Waals surface area contributed by atoms with E-state index < -0.39 is 17.8 Å². The Hall–Kier alpha value is -1.74. The van der Waals surface area contributed by atoms with Crippen molar-refractivity contribution in [1.82, 2.24) is 15.6 Å². The number of amides is 1. The monoisotopic (exact) mass is 423 g/mol. The summed E-state index contributed by atoms with van der Waals surface area (Å²) in [5.41, 5.74) is 0.379. The fraction of sp³-hybridized carbons (Fsp3) is 0.667. The summed E-state index contributed by atoms with van der Waals surface area (Å²) in [4.78, 5) is 16.1. The van der Waals surface area contributed by atoms with Crippen molar-refractivity contribution < 1.29 is 27.4 Å². The van der Waals surface area contributed by atoms with Gasteiger partial charge in [-0.25, -0.2) is 13.2 Å². The molecule has 1 amide bonds. The van der Waals surface area contributed by atoms with Crippen LogP contribution in [0.5, 0.6) is 11.8 Å². The van der Waals surface area contributed by atoms with Crippen molar-refractivity contribution in [3.05, 3.63) is 17.4 Å². The molecule has 2 N–H and O–H groups in total. The molecule has 2 fully saturated rings. The molecule has 0 aromatic carbocycles. The van der Waals surface area contributed by atoms with Gasteiger partial charge in [0.05, 0.1) is 13.2 Å². The Balaban J connectivity index is 0.00000280. The molecule has 0 radical (unpaired) electrons. The third kappa shape index (κ3) is 5.64. The van der Waals surface area contributed by atoms with Crippen LogP contribution in [0.1, 0.15) is 44.1 Å². The van der Waals surface area contributed by atoms with Gasteiger partial charge in [-0.1, -0.05) is 0 Å². The summed E-state index contributed by atoms with van der Waals surface area (Å²) in [6, 6.07) is 0.960. The number of carbonyl (C=O) groups excluding carboxylic acids is 1. The van der Waals surface area contributed by atoms with E-state index >= 15 is 0 Å². The lowest BCUT2D eigenvalue weighted by Crippen LogP contribution is -2.40. The van der Waals surface area contributed by atoms with E-state index in [2.05, 4.69) is 15.6 Å². The van der Waals surface area contributed by atoms with Crippen molar-refractivity contribution in [2.75, 3.05) is 13.7 Å². The molecule has 1 aliphatic carbocycles. The van der Waals surface area contributed by atoms with Gasteiger partial charge in [0, 0.05) is 24.9 Å². The van der Waals surface area contributed by atoms with E-state index in [-0.39, 0.29) is 68.3 Å². The first-order valence-electron chi connectivity index (χ1n) is 9.17. The standard InChI is InChI=1S/C18H24F3N3O3.ClH/c1-26-16-11(10-23-15(25)14-3-2-8-22-14)9-13(19)17(24-16)27-12-4-6-18(20,21)7-5-12;/h9,12,14,22H,2-8,10H2,1H3,(H,23,25);1H/t14-;/m1./s1. The Morgan fingerprint density at radius 1 is 1.32 bits per heavy atom. The van der Waals surface area contributed by atoms with E-state index in [4.69, 9.17) is 9.47 Å². The molecular formula is C18H25ClF3N3O3. The molecule has 3 rings (SSSR count). The molecule has 1 atom stereocenters. The Bertz CT molecular complexity index is 678. The maximum absolute atomic E-state index is 14.4. The highest BCUT2D eigenvalue weighted by Crippen LogP contribution is 2.35. The fourth-order valence-corrected chi connectivity index (χ4v) is 3.38. The minimum absolute atomic E-state index is 0. The summed E-state index contributed by atoms with van der Waals surface area (Å²) in [7, 11) is 1.38. The van der Waals surface area contributed by atoms with E-state index in [1.54, 1.807) is 0 Å². The maximum atomic E-state index is 14.4. The summed E-state index contributed by atoms with van der Waals surface area (Å²) < 4.78 is 51.5. The van der Waals surface area contributed by atoms with Crippen LogP contribution in [0.3, 0.4) is 0 Å². The van der Waals surface area contributed by atoms with Gasteiger partial charge < -0.3 is 20.1 Å². The van der Waals surface area contributed by atoms with E-state index in [0.29, 0.717) is 5.56 Å². The molecule has 6 nitrogen and oxygen atoms in total. The fourth-order valence-electron chi connectivity index (χ4n) is 3.38. The molecule has 28 heavy (non-hydrogen) atoms. The third-order valence-electron chi connectivity index (χ3n) is 4.95. The molecule has 0 spiro atoms. The molecule has 1 saturated carbocycles. The van der Waals surface area contributed by atoms with Crippen molar-refractivity contribution in [1.29, 1.82) is 0 Å². The summed E-state index contributed by atoms with van der Waals surface area (Å²) in [6.07, 6.45) is 0.923. The van der Waals surface area contributed by atoms with Gasteiger partial charge in [-0.3, -0.25) is 4.79 Å². The number of ether oxygens (including phenoxy) is 2. The van der Waals surface area contributed by atoms with Crippen LogP contribution in [0.4, 0.5) is 13.2 Å². The third-order valence-corrected chi connectivity index (χ3v) is 4.95. The average molecular weight is 424 g/mol. The molecule has 10 heteroatoms. The number of nitrogens with zero attached hydrogens (tertiary/aromatic N) is 1. The molecular weight excluding hydrogens is 399 g/mol. The quantitative estimate of drug-likeness (QED) is 0.736. The lowest BCUT2D eigenvalue weighted by Gasteiger charge is -2.28. The molecule has 1 aliphatic heterocycles. The Kier molecular flexibility index (Phi) is 7.77. The van der Waals surface area contributed by atoms with Gasteiger partial charge in [-0.05, 0) is 38.3 Å². The first-order chi connectivity index (χ1) is 12.9. The van der Waals surface area contributed by atoms with Gasteiger partial charge in [0.25, 0.3) is 5.88 Å². The van der Waals surface area contributed by atoms with Crippen molar-refractivity contribution >= 4 is 18.3 Å². The zero-order chi connectivity index (χ0) is 19.4. The van der Waals surface area contributed by atoms with Gasteiger partial charge in [-0.2, -0.15) is 4.98 Å². The summed E-state index contributed by atoms with van der Waals surface area (Å²) >= 11 is 0. The van der Waals surface area contributed by atoms with Gasteiger partial charge in [-0.15, -0.1) is 12.4 Å². The zero-order valence-corrected chi connectivity index (χ0v) is 16.4. The van der Waals surface area contributed by atoms with Crippen LogP contribution in [-0.4, -0.2) is 42.6 Å². The number of carbonyl (C=O) groups is 1. The van der Waals surface area contributed by atoms with Crippen LogP contribution in [0.2, 0.25) is 0 Å². The second-order valence-corrected chi connectivity index (χ2v) is 6.98. The minimum atomic E-state index is -2.68. The molecule has 2 heterocycles. The molecule has 0 bridgehead atoms. The number of alkyl halides is 2. The molecule has 0 unspecified atom stereocenters. The van der Waals surface area contributed by atoms with Crippen molar-refractivity contribution in [3.63, 3.8) is 0 Å². The van der Waals surface area contributed by atoms with Gasteiger partial charge in [0.2, 0.25) is 17.7 Å². The van der Waals surface area contributed by atoms with Crippen LogP contribution in [0.25, 0.3) is 0 Å². The Morgan fingerprint density at radius 2 is 2.04 bits per heavy atom. The zero-order valence-electron chi connectivity index (χ0n) is 15.6. The van der Waals surface area contributed by atoms with E-state index in [9.17, 15) is 18.0 Å². The largest absolute Gasteiger partial charge is 0.481 e. The van der Waals surface area contributed by atoms with Crippen LogP contribution < -0.4 is 20.1 Å². The van der Waals surface area contributed by atoms with E-state index in [1.807, 2.05) is 0 Å². The number of methoxy groups -OCH3 is 1. The van der Waals surface area contributed by atoms with Crippen molar-refractivity contribution in [2.24, 2.45) is 0 Å². The number of aromatic nitrogens is 1. The van der Waals surface area contributed by atoms with Crippen LogP contribution in [-0.2, 0) is 11.3 Å². The maximum Gasteiger partial charge on any atom is 0.254 e. The van der Waals surface area contributed by atoms with E-state index in [1.165, 1.54) is 13.2 Å². The second kappa shape index (κ2) is 9.65. The molecule has 158 valence electrons. The average Bonchev–Trinajstić information content (AvgIpc) is 3.18. The van der Waals surface area contributed by atoms with Gasteiger partial charge >= 0.3 is 0 Å². The molecule has 1 aromatic rings. The number of nitrogens with one attached hydrogen (secondary N) is 2. The van der Waals surface area contributed by atoms with Gasteiger partial charge in [0.1, 0.15) is 6.10 Å². The summed E-state index contributed by atoms with van der Waals surface area (Å²) in [5, 5.41) is 5.83. The highest BCUT2D eigenvalue weighted by atomic mass is 35.5. The van der Waals surface area contributed by atoms with Crippen LogP contribution in [0.15, 0.2) is 6.07 Å². The number of halogens is 4. The second-order valence-electron chi connectivity index (χ2n) is 6.98. The lowest BCUT2D eigenvalue weighted by molar-refractivity contribution is -0.122. The van der Waals surface area contributed by atoms with Gasteiger partial charge in [0.15, 0.2) is 5.82 Å². The SMILES string of the molecule is COc1nc(OC2CCC(F)(F)CC2)c(F)cc1CNC(=O)[C@H]1CCCN1.Cl. The Morgan fingerprint density at radius 3 is 2.64 bits per heavy atom. The predicted molar refractivity (Wildman–Crippen MR) is 98.7 cm³/mol. The normalized spacial score (nSPS) is 21.6. The topological polar surface area (TPSA) is 72.5 Å². The minimum Gasteiger partial charge on any atom is -0.481 e. The molecule has 1 saturated heterocycles. The smallest absolute Gasteiger partial charge is 0.254 e. The van der Waals surface area contributed by atoms with Crippen molar-refractivity contribution in [2.45, 2.75) is 63.1 Å². The molecule has 2 aliphatic rings. The molecule has 1 aromatic heterocycles. The van der Waals surface area contributed by atoms with Crippen LogP contribution >= 0.6 is 12.4 Å². The van der Waals surface area contributed by atoms with E-state index in [0.717, 1.165) is 19.4 Å². The number of hydrogen-bond donors (Lipinski definition) is 2. The number of rotatable bonds is 6. The number of hydrogen-bond acceptors (Lipinski definition) is 5. The lowest BCUT2D eigenvalue weighted by atomic mass is 9.94. The van der Waals surface area contributed by atoms with Crippen molar-refractivity contribution in [3.8, 4) is 11.8 Å². The number of pyridine rings is 1. The first kappa shape index (κ1) is 22.5. The predicted octanol–water partition coefficient (Wildman–Crippen LogP) is 2.98. The summed E-state index contributed by atoms with van der Waals surface area (Å²) in [5.74, 6) is -3.68.